The molecule has 0 saturated carbocycles. The van der Waals surface area contributed by atoms with Gasteiger partial charge in [0.25, 0.3) is 0 Å². The van der Waals surface area contributed by atoms with Crippen molar-refractivity contribution in [2.75, 3.05) is 29.9 Å². The first kappa shape index (κ1) is 21.2. The molecular formula is C25H24N6OS. The number of fused-ring (bicyclic) bond motifs is 1. The number of piperazine rings is 1. The van der Waals surface area contributed by atoms with Gasteiger partial charge in [-0.2, -0.15) is 5.26 Å². The van der Waals surface area contributed by atoms with Crippen LogP contribution in [0.3, 0.4) is 0 Å². The Morgan fingerprint density at radius 1 is 1.18 bits per heavy atom. The lowest BCUT2D eigenvalue weighted by atomic mass is 10.1. The number of rotatable bonds is 5. The summed E-state index contributed by atoms with van der Waals surface area (Å²) in [5.74, 6) is 0.663. The van der Waals surface area contributed by atoms with Crippen molar-refractivity contribution in [3.05, 3.63) is 78.6 Å². The van der Waals surface area contributed by atoms with Crippen LogP contribution in [0.1, 0.15) is 12.5 Å². The highest BCUT2D eigenvalue weighted by Gasteiger charge is 2.18. The molecule has 5 rings (SSSR count). The number of anilines is 3. The highest BCUT2D eigenvalue weighted by molar-refractivity contribution is 7.83. The van der Waals surface area contributed by atoms with Crippen molar-refractivity contribution >= 4 is 39.1 Å². The minimum Gasteiger partial charge on any atom is -0.366 e. The molecule has 4 aromatic rings. The van der Waals surface area contributed by atoms with Crippen molar-refractivity contribution in [3.63, 3.8) is 0 Å². The van der Waals surface area contributed by atoms with Crippen molar-refractivity contribution in [1.29, 1.82) is 5.26 Å². The van der Waals surface area contributed by atoms with Gasteiger partial charge in [-0.3, -0.25) is 3.97 Å². The summed E-state index contributed by atoms with van der Waals surface area (Å²) in [6.07, 6.45) is 3.53. The Labute approximate surface area is 195 Å². The smallest absolute Gasteiger partial charge is 0.158 e. The van der Waals surface area contributed by atoms with Gasteiger partial charge in [-0.15, -0.1) is 0 Å². The molecule has 1 aliphatic rings. The molecule has 1 unspecified atom stereocenters. The van der Waals surface area contributed by atoms with Crippen molar-refractivity contribution in [3.8, 4) is 6.07 Å². The first-order valence-corrected chi connectivity index (χ1v) is 12.0. The van der Waals surface area contributed by atoms with Gasteiger partial charge in [-0.1, -0.05) is 12.1 Å². The van der Waals surface area contributed by atoms with Crippen LogP contribution in [-0.4, -0.2) is 38.8 Å². The van der Waals surface area contributed by atoms with Gasteiger partial charge >= 0.3 is 0 Å². The lowest BCUT2D eigenvalue weighted by Gasteiger charge is -2.36. The second-order valence-electron chi connectivity index (χ2n) is 8.05. The zero-order valence-corrected chi connectivity index (χ0v) is 19.0. The second kappa shape index (κ2) is 9.06. The van der Waals surface area contributed by atoms with E-state index in [-0.39, 0.29) is 0 Å². The molecule has 1 fully saturated rings. The maximum Gasteiger partial charge on any atom is 0.158 e. The van der Waals surface area contributed by atoms with E-state index >= 15 is 0 Å². The fourth-order valence-electron chi connectivity index (χ4n) is 4.14. The molecular weight excluding hydrogens is 432 g/mol. The Hall–Kier alpha value is -3.67. The van der Waals surface area contributed by atoms with E-state index in [9.17, 15) is 9.47 Å². The lowest BCUT2D eigenvalue weighted by Crippen LogP contribution is -2.49. The molecule has 0 radical (unpaired) electrons. The SMILES string of the molecule is C[C@@H]1CNCCN1c1ccc(Nc2cc3c(ccn3S(=O)c3ccccc3C#N)cn2)cc1. The topological polar surface area (TPSA) is 86.0 Å². The third kappa shape index (κ3) is 4.21. The molecule has 0 bridgehead atoms. The standard InChI is InChI=1S/C25H24N6OS/c1-18-16-27-11-13-30(18)22-8-6-21(7-9-22)29-25-14-23-20(17-28-25)10-12-31(23)33(32)24-5-3-2-4-19(24)15-26/h2-10,12,14,17-18,27H,11,13,16H2,1H3,(H,28,29)/t18-,33?/m1/s1. The summed E-state index contributed by atoms with van der Waals surface area (Å²) in [4.78, 5) is 7.41. The normalized spacial score (nSPS) is 17.0. The van der Waals surface area contributed by atoms with Gasteiger partial charge in [0.05, 0.1) is 16.0 Å². The summed E-state index contributed by atoms with van der Waals surface area (Å²) in [6.45, 7) is 5.21. The van der Waals surface area contributed by atoms with Gasteiger partial charge in [-0.25, -0.2) is 9.19 Å². The van der Waals surface area contributed by atoms with Crippen LogP contribution in [0.25, 0.3) is 10.9 Å². The average molecular weight is 457 g/mol. The summed E-state index contributed by atoms with van der Waals surface area (Å²) < 4.78 is 14.9. The molecule has 0 spiro atoms. The van der Waals surface area contributed by atoms with Crippen LogP contribution >= 0.6 is 0 Å². The van der Waals surface area contributed by atoms with E-state index in [0.717, 1.165) is 36.2 Å². The largest absolute Gasteiger partial charge is 0.366 e. The van der Waals surface area contributed by atoms with E-state index in [1.165, 1.54) is 5.69 Å². The summed E-state index contributed by atoms with van der Waals surface area (Å²) in [5.41, 5.74) is 3.33. The molecule has 2 aromatic carbocycles. The maximum absolute atomic E-state index is 13.3. The number of aromatic nitrogens is 2. The van der Waals surface area contributed by atoms with E-state index < -0.39 is 11.0 Å². The fraction of sp³-hybridized carbons (Fsp3) is 0.200. The van der Waals surface area contributed by atoms with Gasteiger partial charge in [0, 0.05) is 60.9 Å². The quantitative estimate of drug-likeness (QED) is 0.472. The van der Waals surface area contributed by atoms with E-state index in [4.69, 9.17) is 0 Å². The number of nitriles is 1. The first-order chi connectivity index (χ1) is 16.1. The molecule has 2 aromatic heterocycles. The van der Waals surface area contributed by atoms with Gasteiger partial charge in [0.15, 0.2) is 11.0 Å². The Bertz CT molecular complexity index is 1360. The van der Waals surface area contributed by atoms with Crippen LogP contribution in [0.5, 0.6) is 0 Å². The Kier molecular flexibility index (Phi) is 5.82. The summed E-state index contributed by atoms with van der Waals surface area (Å²) in [7, 11) is -1.54. The third-order valence-corrected chi connectivity index (χ3v) is 7.29. The fourth-order valence-corrected chi connectivity index (χ4v) is 5.36. The number of nitrogens with one attached hydrogen (secondary N) is 2. The number of nitrogens with zero attached hydrogens (tertiary/aromatic N) is 4. The van der Waals surface area contributed by atoms with Crippen LogP contribution in [0.15, 0.2) is 78.0 Å². The van der Waals surface area contributed by atoms with E-state index in [1.54, 1.807) is 40.6 Å². The molecule has 7 nitrogen and oxygen atoms in total. The third-order valence-electron chi connectivity index (χ3n) is 5.89. The molecule has 2 atom stereocenters. The minimum atomic E-state index is -1.54. The summed E-state index contributed by atoms with van der Waals surface area (Å²) >= 11 is 0. The van der Waals surface area contributed by atoms with E-state index in [0.29, 0.717) is 22.3 Å². The zero-order valence-electron chi connectivity index (χ0n) is 18.2. The first-order valence-electron chi connectivity index (χ1n) is 10.9. The monoisotopic (exact) mass is 456 g/mol. The van der Waals surface area contributed by atoms with Gasteiger partial charge < -0.3 is 15.5 Å². The molecule has 1 aliphatic heterocycles. The van der Waals surface area contributed by atoms with Crippen molar-refractivity contribution < 1.29 is 4.21 Å². The van der Waals surface area contributed by atoms with Crippen LogP contribution in [0.2, 0.25) is 0 Å². The van der Waals surface area contributed by atoms with Crippen molar-refractivity contribution in [2.45, 2.75) is 17.9 Å². The molecule has 8 heteroatoms. The Morgan fingerprint density at radius 2 is 2.00 bits per heavy atom. The highest BCUT2D eigenvalue weighted by Crippen LogP contribution is 2.26. The predicted octanol–water partition coefficient (Wildman–Crippen LogP) is 4.02. The molecule has 2 N–H and O–H groups in total. The van der Waals surface area contributed by atoms with Gasteiger partial charge in [-0.05, 0) is 49.4 Å². The number of benzene rings is 2. The molecule has 0 aliphatic carbocycles. The number of hydrogen-bond acceptors (Lipinski definition) is 6. The summed E-state index contributed by atoms with van der Waals surface area (Å²) in [6, 6.07) is 21.7. The Balaban J connectivity index is 1.40. The number of pyridine rings is 1. The second-order valence-corrected chi connectivity index (χ2v) is 9.38. The highest BCUT2D eigenvalue weighted by atomic mass is 32.2. The maximum atomic E-state index is 13.3. The van der Waals surface area contributed by atoms with Crippen LogP contribution in [-0.2, 0) is 11.0 Å². The van der Waals surface area contributed by atoms with Gasteiger partial charge in [0.1, 0.15) is 11.9 Å². The molecule has 3 heterocycles. The van der Waals surface area contributed by atoms with E-state index in [1.807, 2.05) is 12.1 Å². The molecule has 33 heavy (non-hydrogen) atoms. The molecule has 166 valence electrons. The Morgan fingerprint density at radius 3 is 2.79 bits per heavy atom. The molecule has 0 amide bonds. The predicted molar refractivity (Wildman–Crippen MR) is 132 cm³/mol. The van der Waals surface area contributed by atoms with Crippen molar-refractivity contribution in [2.24, 2.45) is 0 Å². The zero-order chi connectivity index (χ0) is 22.8. The molecule has 1 saturated heterocycles. The van der Waals surface area contributed by atoms with Crippen molar-refractivity contribution in [1.82, 2.24) is 14.3 Å². The number of hydrogen-bond donors (Lipinski definition) is 2. The summed E-state index contributed by atoms with van der Waals surface area (Å²) in [5, 5.41) is 17.0. The minimum absolute atomic E-state index is 0.406. The van der Waals surface area contributed by atoms with Crippen LogP contribution < -0.4 is 15.5 Å². The van der Waals surface area contributed by atoms with Crippen LogP contribution in [0.4, 0.5) is 17.2 Å². The lowest BCUT2D eigenvalue weighted by molar-refractivity contribution is 0.501. The van der Waals surface area contributed by atoms with Crippen LogP contribution in [0, 0.1) is 11.3 Å². The van der Waals surface area contributed by atoms with E-state index in [2.05, 4.69) is 57.8 Å². The van der Waals surface area contributed by atoms with Gasteiger partial charge in [0.2, 0.25) is 0 Å². The average Bonchev–Trinajstić information content (AvgIpc) is 3.28.